The molecule has 0 fully saturated rings. The van der Waals surface area contributed by atoms with Crippen molar-refractivity contribution in [3.8, 4) is 0 Å². The van der Waals surface area contributed by atoms with Gasteiger partial charge in [0, 0.05) is 68.1 Å². The lowest BCUT2D eigenvalue weighted by atomic mass is 9.35. The normalized spacial score (nSPS) is 16.5. The van der Waals surface area contributed by atoms with Crippen molar-refractivity contribution in [3.05, 3.63) is 179 Å². The van der Waals surface area contributed by atoms with Gasteiger partial charge < -0.3 is 23.5 Å². The van der Waals surface area contributed by atoms with Crippen LogP contribution in [0.3, 0.4) is 0 Å². The van der Waals surface area contributed by atoms with Crippen molar-refractivity contribution in [1.29, 1.82) is 0 Å². The zero-order valence-corrected chi connectivity index (χ0v) is 43.1. The minimum Gasteiger partial charge on any atom is -0.473 e. The Balaban J connectivity index is 1.15. The van der Waals surface area contributed by atoms with E-state index in [-0.39, 0.29) is 28.4 Å². The number of para-hydroxylation sites is 3. The van der Waals surface area contributed by atoms with E-state index >= 15 is 0 Å². The summed E-state index contributed by atoms with van der Waals surface area (Å²) in [5.41, 5.74) is 21.8. The van der Waals surface area contributed by atoms with Gasteiger partial charge in [-0.25, -0.2) is 0 Å². The van der Waals surface area contributed by atoms with Gasteiger partial charge in [-0.05, 0) is 142 Å². The first-order chi connectivity index (χ1) is 34.0. The van der Waals surface area contributed by atoms with E-state index in [0.29, 0.717) is 0 Å². The van der Waals surface area contributed by atoms with Gasteiger partial charge in [0.05, 0.1) is 17.0 Å². The first-order valence-electron chi connectivity index (χ1n) is 26.0. The highest BCUT2D eigenvalue weighted by Crippen LogP contribution is 2.53. The van der Waals surface area contributed by atoms with Crippen LogP contribution in [0, 0.1) is 0 Å². The molecular formula is C65H64BN3O2. The van der Waals surface area contributed by atoms with Gasteiger partial charge in [0.25, 0.3) is 6.71 Å². The Morgan fingerprint density at radius 1 is 0.535 bits per heavy atom. The van der Waals surface area contributed by atoms with Crippen LogP contribution in [-0.2, 0) is 34.5 Å². The molecule has 71 heavy (non-hydrogen) atoms. The van der Waals surface area contributed by atoms with E-state index in [4.69, 9.17) is 8.83 Å². The Morgan fingerprint density at radius 3 is 1.80 bits per heavy atom. The summed E-state index contributed by atoms with van der Waals surface area (Å²) in [5, 5.41) is 2.29. The average molecular weight is 930 g/mol. The van der Waals surface area contributed by atoms with E-state index in [1.54, 1.807) is 0 Å². The highest BCUT2D eigenvalue weighted by molar-refractivity contribution is 6.99. The van der Waals surface area contributed by atoms with Gasteiger partial charge in [-0.15, -0.1) is 0 Å². The molecule has 7 aromatic carbocycles. The third-order valence-corrected chi connectivity index (χ3v) is 16.5. The molecule has 354 valence electrons. The van der Waals surface area contributed by atoms with Crippen molar-refractivity contribution in [1.82, 2.24) is 0 Å². The van der Waals surface area contributed by atoms with Crippen molar-refractivity contribution in [3.63, 3.8) is 0 Å². The number of fused-ring (bicyclic) bond motifs is 10. The van der Waals surface area contributed by atoms with Gasteiger partial charge in [-0.1, -0.05) is 148 Å². The zero-order chi connectivity index (χ0) is 48.9. The Bertz CT molecular complexity index is 3540. The number of benzene rings is 7. The van der Waals surface area contributed by atoms with E-state index in [0.717, 1.165) is 99.6 Å². The molecule has 0 radical (unpaired) electrons. The zero-order valence-electron chi connectivity index (χ0n) is 43.1. The summed E-state index contributed by atoms with van der Waals surface area (Å²) in [6.45, 7) is 23.3. The smallest absolute Gasteiger partial charge is 0.297 e. The number of furan rings is 2. The molecule has 0 saturated heterocycles. The highest BCUT2D eigenvalue weighted by Gasteiger charge is 2.49. The first-order valence-corrected chi connectivity index (χ1v) is 26.0. The highest BCUT2D eigenvalue weighted by atomic mass is 16.3. The molecule has 0 N–H and O–H groups in total. The minimum atomic E-state index is -0.242. The number of aryl methyl sites for hydroxylation is 1. The maximum absolute atomic E-state index is 7.40. The summed E-state index contributed by atoms with van der Waals surface area (Å²) in [7, 11) is 0. The first kappa shape index (κ1) is 44.1. The van der Waals surface area contributed by atoms with Gasteiger partial charge in [0.2, 0.25) is 0 Å². The van der Waals surface area contributed by atoms with Gasteiger partial charge in [-0.3, -0.25) is 0 Å². The third kappa shape index (κ3) is 6.73. The molecule has 5 nitrogen and oxygen atoms in total. The molecule has 0 saturated carbocycles. The maximum Gasteiger partial charge on any atom is 0.297 e. The van der Waals surface area contributed by atoms with Gasteiger partial charge in [-0.2, -0.15) is 0 Å². The second-order valence-corrected chi connectivity index (χ2v) is 24.3. The monoisotopic (exact) mass is 930 g/mol. The van der Waals surface area contributed by atoms with Crippen LogP contribution < -0.4 is 31.3 Å². The fourth-order valence-electron chi connectivity index (χ4n) is 13.1. The van der Waals surface area contributed by atoms with Crippen LogP contribution >= 0.6 is 0 Å². The fourth-order valence-corrected chi connectivity index (χ4v) is 13.1. The van der Waals surface area contributed by atoms with Gasteiger partial charge >= 0.3 is 0 Å². The predicted octanol–water partition coefficient (Wildman–Crippen LogP) is 16.2. The lowest BCUT2D eigenvalue weighted by molar-refractivity contribution is 0.348. The summed E-state index contributed by atoms with van der Waals surface area (Å²) in [6, 6.07) is 55.4. The Labute approximate surface area is 420 Å². The molecule has 3 aliphatic heterocycles. The number of hydrogen-bond acceptors (Lipinski definition) is 5. The van der Waals surface area contributed by atoms with Gasteiger partial charge in [0.15, 0.2) is 5.58 Å². The quantitative estimate of drug-likeness (QED) is 0.164. The van der Waals surface area contributed by atoms with E-state index in [9.17, 15) is 0 Å². The molecule has 4 bridgehead atoms. The van der Waals surface area contributed by atoms with Crippen molar-refractivity contribution in [2.45, 2.75) is 123 Å². The molecule has 1 aliphatic carbocycles. The van der Waals surface area contributed by atoms with E-state index < -0.39 is 0 Å². The van der Waals surface area contributed by atoms with Crippen molar-refractivity contribution < 1.29 is 8.83 Å². The predicted molar refractivity (Wildman–Crippen MR) is 299 cm³/mol. The number of rotatable bonds is 4. The Morgan fingerprint density at radius 2 is 1.14 bits per heavy atom. The molecule has 0 spiro atoms. The van der Waals surface area contributed by atoms with Crippen LogP contribution in [0.4, 0.5) is 51.2 Å². The summed E-state index contributed by atoms with van der Waals surface area (Å²) in [6.07, 6.45) is 5.18. The van der Waals surface area contributed by atoms with E-state index in [2.05, 4.69) is 230 Å². The van der Waals surface area contributed by atoms with Crippen LogP contribution in [0.25, 0.3) is 21.9 Å². The molecule has 0 atom stereocenters. The van der Waals surface area contributed by atoms with E-state index in [1.165, 1.54) is 55.8 Å². The third-order valence-electron chi connectivity index (χ3n) is 16.5. The fraction of sp³-hybridized carbons (Fsp3) is 0.292. The summed E-state index contributed by atoms with van der Waals surface area (Å²) in [4.78, 5) is 7.58. The van der Waals surface area contributed by atoms with Crippen LogP contribution in [-0.4, -0.2) is 6.71 Å². The number of anilines is 9. The van der Waals surface area contributed by atoms with Crippen LogP contribution in [0.1, 0.15) is 122 Å². The molecule has 0 unspecified atom stereocenters. The average Bonchev–Trinajstić information content (AvgIpc) is 3.93. The second-order valence-electron chi connectivity index (χ2n) is 24.3. The van der Waals surface area contributed by atoms with Crippen molar-refractivity contribution in [2.75, 3.05) is 14.7 Å². The van der Waals surface area contributed by atoms with E-state index in [1.807, 2.05) is 0 Å². The Hall–Kier alpha value is -6.92. The lowest BCUT2D eigenvalue weighted by Crippen LogP contribution is -2.61. The van der Waals surface area contributed by atoms with Crippen molar-refractivity contribution >= 4 is 96.4 Å². The second kappa shape index (κ2) is 15.3. The summed E-state index contributed by atoms with van der Waals surface area (Å²) in [5.74, 6) is 1.15. The van der Waals surface area contributed by atoms with Crippen LogP contribution in [0.15, 0.2) is 154 Å². The molecule has 9 aromatic rings. The maximum atomic E-state index is 7.40. The number of nitrogens with zero attached hydrogens (tertiary/aromatic N) is 3. The van der Waals surface area contributed by atoms with Crippen LogP contribution in [0.2, 0.25) is 0 Å². The standard InChI is InChI=1S/C65H64BN3O2/c1-62(2,3)40-26-30-44(31-27-40)67(45-32-28-41(29-33-45)63(4,5)6)46-34-35-51-53(38-46)69-52-24-17-22-48-47-21-16-23-50(59(47)71-60(48)52)65(9,10)39-64(7,8)42-36-54-57(55(69)37-42)66(51)61-58(49-20-14-15-25-56(49)70-61)68(54)43-18-12-11-13-19-43/h11-13,16-19,21-24,26-38H,14-15,20,25,39H2,1-10H3. The molecule has 5 heterocycles. The molecule has 4 aliphatic rings. The number of hydrogen-bond donors (Lipinski definition) is 0. The van der Waals surface area contributed by atoms with Crippen molar-refractivity contribution in [2.24, 2.45) is 0 Å². The molecule has 0 amide bonds. The summed E-state index contributed by atoms with van der Waals surface area (Å²) >= 11 is 0. The lowest BCUT2D eigenvalue weighted by Gasteiger charge is -2.45. The molecule has 6 heteroatoms. The van der Waals surface area contributed by atoms with Crippen LogP contribution in [0.5, 0.6) is 0 Å². The minimum absolute atomic E-state index is 0.0262. The largest absolute Gasteiger partial charge is 0.473 e. The topological polar surface area (TPSA) is 36.0 Å². The van der Waals surface area contributed by atoms with Gasteiger partial charge in [0.1, 0.15) is 11.3 Å². The molecule has 13 rings (SSSR count). The molecular weight excluding hydrogens is 866 g/mol. The SMILES string of the molecule is CC(C)(C)c1ccc(N(c2ccc(C(C)(C)C)cc2)c2ccc3c(c2)N2c4cc(cc5c4B3c3oc4c(c3N5c3ccccc3)CCCC4)C(C)(C)CC(C)(C)c3cccc4c3oc3c2cccc34)cc1. The Kier molecular flexibility index (Phi) is 9.49. The summed E-state index contributed by atoms with van der Waals surface area (Å²) < 4.78 is 14.8. The molecule has 2 aromatic heterocycles.